The van der Waals surface area contributed by atoms with Crippen LogP contribution in [0, 0.1) is 11.3 Å². The van der Waals surface area contributed by atoms with Crippen molar-refractivity contribution in [3.8, 4) is 23.6 Å². The summed E-state index contributed by atoms with van der Waals surface area (Å²) < 4.78 is 12.4. The van der Waals surface area contributed by atoms with Crippen molar-refractivity contribution < 1.29 is 14.1 Å². The Hall–Kier alpha value is -4.02. The van der Waals surface area contributed by atoms with Gasteiger partial charge in [0.25, 0.3) is 0 Å². The van der Waals surface area contributed by atoms with Crippen LogP contribution in [0.1, 0.15) is 75.3 Å². The SMILES string of the molecule is C=CC(=O)N1[C@@H](C)C2N(c3cc(-c4noc([C@@]5(C)CCCc6sc(N)c(C#N)c65)n4)nc(O[C@@H](C)[C@@H]4CCCN4C)n3)C[C@@]21C. The highest BCUT2D eigenvalue weighted by atomic mass is 32.1. The number of likely N-dealkylation sites (tertiary alicyclic amines) is 2. The number of carbonyl (C=O) groups excluding carboxylic acids is 1. The van der Waals surface area contributed by atoms with E-state index >= 15 is 0 Å². The van der Waals surface area contributed by atoms with Crippen molar-refractivity contribution in [1.82, 2.24) is 29.9 Å². The maximum atomic E-state index is 12.6. The molecule has 7 rings (SSSR count). The first kappa shape index (κ1) is 29.7. The lowest BCUT2D eigenvalue weighted by molar-refractivity contribution is -0.164. The number of nitrogen functional groups attached to an aromatic ring is 1. The number of likely N-dealkylation sites (N-methyl/N-ethyl adjacent to an activating group) is 1. The Morgan fingerprint density at radius 1 is 1.33 bits per heavy atom. The molecule has 0 bridgehead atoms. The summed E-state index contributed by atoms with van der Waals surface area (Å²) in [5.41, 5.74) is 7.19. The van der Waals surface area contributed by atoms with Gasteiger partial charge in [0.1, 0.15) is 28.7 Å². The van der Waals surface area contributed by atoms with Gasteiger partial charge in [-0.1, -0.05) is 11.7 Å². The van der Waals surface area contributed by atoms with Crippen molar-refractivity contribution in [1.29, 1.82) is 5.26 Å². The van der Waals surface area contributed by atoms with Crippen LogP contribution in [-0.4, -0.2) is 85.7 Å². The molecule has 6 atom stereocenters. The average molecular weight is 630 g/mol. The fraction of sp³-hybridized carbons (Fsp3) is 0.562. The first-order valence-corrected chi connectivity index (χ1v) is 16.5. The van der Waals surface area contributed by atoms with Crippen LogP contribution in [0.5, 0.6) is 6.01 Å². The number of carbonyl (C=O) groups is 1. The first-order chi connectivity index (χ1) is 21.5. The maximum Gasteiger partial charge on any atom is 0.319 e. The molecule has 236 valence electrons. The van der Waals surface area contributed by atoms with Crippen molar-refractivity contribution in [2.75, 3.05) is 30.8 Å². The minimum Gasteiger partial charge on any atom is -0.459 e. The van der Waals surface area contributed by atoms with Crippen molar-refractivity contribution in [2.24, 2.45) is 0 Å². The van der Waals surface area contributed by atoms with Gasteiger partial charge in [-0.15, -0.1) is 11.3 Å². The number of aryl methyl sites for hydroxylation is 1. The molecule has 12 nitrogen and oxygen atoms in total. The molecule has 13 heteroatoms. The largest absolute Gasteiger partial charge is 0.459 e. The number of anilines is 2. The van der Waals surface area contributed by atoms with Crippen molar-refractivity contribution >= 4 is 28.1 Å². The zero-order chi connectivity index (χ0) is 31.8. The second-order valence-corrected chi connectivity index (χ2v) is 14.5. The van der Waals surface area contributed by atoms with Crippen LogP contribution < -0.4 is 15.4 Å². The standard InChI is InChI=1S/C32H39N9O3S/c1-7-24(42)41-17(2)26-32(41,5)16-40(26)23-14-20(35-30(36-23)43-18(3)21-10-9-13-39(21)6)28-37-29(44-38-28)31(4)12-8-11-22-25(31)19(15-33)27(34)45-22/h7,14,17-18,21,26H,1,8-13,16,34H2,2-6H3/t17-,18-,21-,26?,31-,32-/m0/s1. The Balaban J connectivity index is 1.25. The highest BCUT2D eigenvalue weighted by Gasteiger charge is 2.67. The van der Waals surface area contributed by atoms with E-state index in [1.54, 1.807) is 0 Å². The number of hydrogen-bond donors (Lipinski definition) is 1. The van der Waals surface area contributed by atoms with Crippen molar-refractivity contribution in [3.05, 3.63) is 40.6 Å². The molecule has 3 aromatic heterocycles. The lowest BCUT2D eigenvalue weighted by atomic mass is 9.66. The highest BCUT2D eigenvalue weighted by molar-refractivity contribution is 7.16. The van der Waals surface area contributed by atoms with Gasteiger partial charge in [0.2, 0.25) is 17.6 Å². The van der Waals surface area contributed by atoms with E-state index in [9.17, 15) is 10.1 Å². The minimum atomic E-state index is -0.642. The van der Waals surface area contributed by atoms with E-state index in [4.69, 9.17) is 29.9 Å². The summed E-state index contributed by atoms with van der Waals surface area (Å²) in [6.07, 6.45) is 5.99. The number of fused-ring (bicyclic) bond motifs is 2. The molecule has 4 aliphatic rings. The van der Waals surface area contributed by atoms with Gasteiger partial charge >= 0.3 is 6.01 Å². The number of thiophene rings is 1. The molecule has 0 radical (unpaired) electrons. The molecule has 3 aromatic rings. The van der Waals surface area contributed by atoms with Crippen LogP contribution in [0.3, 0.4) is 0 Å². The summed E-state index contributed by atoms with van der Waals surface area (Å²) in [6.45, 7) is 13.6. The number of nitriles is 1. The van der Waals surface area contributed by atoms with Gasteiger partial charge in [-0.05, 0) is 79.5 Å². The summed E-state index contributed by atoms with van der Waals surface area (Å²) >= 11 is 1.47. The van der Waals surface area contributed by atoms with Gasteiger partial charge in [0.05, 0.1) is 28.6 Å². The number of rotatable bonds is 7. The minimum absolute atomic E-state index is 0.00676. The van der Waals surface area contributed by atoms with E-state index in [2.05, 4.69) is 55.4 Å². The Morgan fingerprint density at radius 2 is 2.13 bits per heavy atom. The Labute approximate surface area is 266 Å². The molecule has 3 saturated heterocycles. The van der Waals surface area contributed by atoms with Crippen LogP contribution in [-0.2, 0) is 16.6 Å². The van der Waals surface area contributed by atoms with E-state index in [1.807, 2.05) is 17.9 Å². The summed E-state index contributed by atoms with van der Waals surface area (Å²) in [5, 5.41) is 14.8. The number of nitrogens with two attached hydrogens (primary N) is 1. The van der Waals surface area contributed by atoms with E-state index < -0.39 is 5.41 Å². The molecule has 0 aromatic carbocycles. The molecule has 0 saturated carbocycles. The normalized spacial score (nSPS) is 29.6. The number of nitrogens with zero attached hydrogens (tertiary/aromatic N) is 8. The van der Waals surface area contributed by atoms with E-state index in [1.165, 1.54) is 17.4 Å². The lowest BCUT2D eigenvalue weighted by Crippen LogP contribution is -2.91. The molecule has 1 unspecified atom stereocenters. The van der Waals surface area contributed by atoms with E-state index in [-0.39, 0.29) is 41.7 Å². The predicted octanol–water partition coefficient (Wildman–Crippen LogP) is 3.91. The first-order valence-electron chi connectivity index (χ1n) is 15.6. The van der Waals surface area contributed by atoms with E-state index in [0.717, 1.165) is 49.1 Å². The van der Waals surface area contributed by atoms with Crippen LogP contribution in [0.25, 0.3) is 11.5 Å². The average Bonchev–Trinajstić information content (AvgIpc) is 3.74. The molecule has 2 N–H and O–H groups in total. The van der Waals surface area contributed by atoms with Gasteiger partial charge in [-0.25, -0.2) is 0 Å². The topological polar surface area (TPSA) is 151 Å². The number of hydrogen-bond acceptors (Lipinski definition) is 12. The molecule has 1 amide bonds. The fourth-order valence-electron chi connectivity index (χ4n) is 8.42. The third-order valence-corrected chi connectivity index (χ3v) is 11.6. The quantitative estimate of drug-likeness (QED) is 0.379. The molecular weight excluding hydrogens is 590 g/mol. The predicted molar refractivity (Wildman–Crippen MR) is 170 cm³/mol. The number of ether oxygens (including phenoxy) is 1. The monoisotopic (exact) mass is 629 g/mol. The molecule has 3 aliphatic heterocycles. The second-order valence-electron chi connectivity index (χ2n) is 13.4. The highest BCUT2D eigenvalue weighted by Crippen LogP contribution is 2.51. The molecule has 6 heterocycles. The van der Waals surface area contributed by atoms with Gasteiger partial charge in [-0.2, -0.15) is 20.2 Å². The van der Waals surface area contributed by atoms with Gasteiger partial charge in [-0.3, -0.25) is 9.69 Å². The van der Waals surface area contributed by atoms with Crippen LogP contribution >= 0.6 is 11.3 Å². The molecule has 45 heavy (non-hydrogen) atoms. The third-order valence-electron chi connectivity index (χ3n) is 10.6. The third kappa shape index (κ3) is 4.36. The van der Waals surface area contributed by atoms with Gasteiger partial charge in [0.15, 0.2) is 0 Å². The molecule has 0 spiro atoms. The summed E-state index contributed by atoms with van der Waals surface area (Å²) in [5.74, 6) is 1.39. The van der Waals surface area contributed by atoms with Gasteiger partial charge < -0.3 is 24.8 Å². The second kappa shape index (κ2) is 10.5. The molecule has 1 aliphatic carbocycles. The van der Waals surface area contributed by atoms with E-state index in [0.29, 0.717) is 40.3 Å². The Kier molecular flexibility index (Phi) is 6.94. The molecule has 3 fully saturated rings. The van der Waals surface area contributed by atoms with Crippen molar-refractivity contribution in [3.63, 3.8) is 0 Å². The van der Waals surface area contributed by atoms with Crippen LogP contribution in [0.2, 0.25) is 0 Å². The number of piperazine rings is 1. The Bertz CT molecular complexity index is 1730. The molecular formula is C32H39N9O3S. The Morgan fingerprint density at radius 3 is 2.82 bits per heavy atom. The van der Waals surface area contributed by atoms with Crippen LogP contribution in [0.15, 0.2) is 23.2 Å². The lowest BCUT2D eigenvalue weighted by Gasteiger charge is -2.73. The zero-order valence-electron chi connectivity index (χ0n) is 26.4. The summed E-state index contributed by atoms with van der Waals surface area (Å²) in [7, 11) is 2.12. The van der Waals surface area contributed by atoms with Gasteiger partial charge in [0, 0.05) is 29.1 Å². The number of aromatic nitrogens is 4. The zero-order valence-corrected chi connectivity index (χ0v) is 27.2. The summed E-state index contributed by atoms with van der Waals surface area (Å²) in [6, 6.07) is 4.78. The van der Waals surface area contributed by atoms with Crippen LogP contribution in [0.4, 0.5) is 10.8 Å². The summed E-state index contributed by atoms with van der Waals surface area (Å²) in [4.78, 5) is 34.6. The number of amides is 1. The maximum absolute atomic E-state index is 12.6. The van der Waals surface area contributed by atoms with Crippen molar-refractivity contribution in [2.45, 2.75) is 95.0 Å². The smallest absolute Gasteiger partial charge is 0.319 e. The fourth-order valence-corrected chi connectivity index (χ4v) is 9.61.